The van der Waals surface area contributed by atoms with Crippen LogP contribution in [-0.4, -0.2) is 64.6 Å². The topological polar surface area (TPSA) is 114 Å². The molecule has 254 valence electrons. The molecule has 1 fully saturated rings. The fourth-order valence-corrected chi connectivity index (χ4v) is 7.60. The van der Waals surface area contributed by atoms with Gasteiger partial charge in [-0.2, -0.15) is 0 Å². The Labute approximate surface area is 286 Å². The molecule has 1 atom stereocenters. The predicted molar refractivity (Wildman–Crippen MR) is 183 cm³/mol. The van der Waals surface area contributed by atoms with Gasteiger partial charge in [0.05, 0.1) is 31.4 Å². The third-order valence-corrected chi connectivity index (χ3v) is 10.6. The van der Waals surface area contributed by atoms with Crippen molar-refractivity contribution in [2.45, 2.75) is 69.5 Å². The van der Waals surface area contributed by atoms with E-state index in [1.54, 1.807) is 49.4 Å². The summed E-state index contributed by atoms with van der Waals surface area (Å²) in [6.45, 7) is 3.33. The zero-order valence-corrected chi connectivity index (χ0v) is 29.3. The molecule has 0 saturated heterocycles. The van der Waals surface area contributed by atoms with Gasteiger partial charge in [0.15, 0.2) is 11.5 Å². The first kappa shape index (κ1) is 36.2. The second-order valence-electron chi connectivity index (χ2n) is 11.1. The van der Waals surface area contributed by atoms with Crippen LogP contribution in [0.2, 0.25) is 10.0 Å². The Kier molecular flexibility index (Phi) is 12.6. The number of nitrogens with zero attached hydrogens (tertiary/aromatic N) is 2. The number of carbonyl (C=O) groups excluding carboxylic acids is 2. The number of benzene rings is 3. The molecule has 0 radical (unpaired) electrons. The van der Waals surface area contributed by atoms with Crippen molar-refractivity contribution in [2.75, 3.05) is 31.7 Å². The molecule has 1 saturated carbocycles. The van der Waals surface area contributed by atoms with Crippen molar-refractivity contribution in [1.82, 2.24) is 10.2 Å². The van der Waals surface area contributed by atoms with Gasteiger partial charge in [-0.05, 0) is 74.7 Å². The monoisotopic (exact) mass is 705 g/mol. The minimum atomic E-state index is -4.37. The van der Waals surface area contributed by atoms with Crippen LogP contribution in [0.3, 0.4) is 0 Å². The lowest BCUT2D eigenvalue weighted by Crippen LogP contribution is -2.53. The van der Waals surface area contributed by atoms with Crippen molar-refractivity contribution in [3.8, 4) is 17.2 Å². The summed E-state index contributed by atoms with van der Waals surface area (Å²) in [5.41, 5.74) is 0.669. The quantitative estimate of drug-likeness (QED) is 0.193. The first-order chi connectivity index (χ1) is 22.5. The standard InChI is InChI=1S/C34H41Cl2N3O7S/c1-5-30(34(41)37-23-10-7-8-11-23)38(21-27-28(35)12-9-13-29(27)36)33(40)22-39(24-14-16-25(17-15-24)46-6-2)47(42,43)26-18-19-31(44-3)32(20-26)45-4/h9,12-20,23,30H,5-8,10-11,21-22H2,1-4H3,(H,37,41)/t30-/m0/s1. The molecule has 3 aromatic rings. The molecule has 10 nitrogen and oxygen atoms in total. The van der Waals surface area contributed by atoms with E-state index in [0.29, 0.717) is 33.7 Å². The Morgan fingerprint density at radius 2 is 1.57 bits per heavy atom. The fraction of sp³-hybridized carbons (Fsp3) is 0.412. The molecule has 4 rings (SSSR count). The number of halogens is 2. The first-order valence-corrected chi connectivity index (χ1v) is 17.7. The largest absolute Gasteiger partial charge is 0.494 e. The van der Waals surface area contributed by atoms with Crippen LogP contribution in [0.5, 0.6) is 17.2 Å². The third-order valence-electron chi connectivity index (χ3n) is 8.14. The highest BCUT2D eigenvalue weighted by Gasteiger charge is 2.35. The van der Waals surface area contributed by atoms with Gasteiger partial charge in [-0.3, -0.25) is 13.9 Å². The van der Waals surface area contributed by atoms with Crippen LogP contribution in [0.1, 0.15) is 51.5 Å². The van der Waals surface area contributed by atoms with Crippen LogP contribution in [0, 0.1) is 0 Å². The van der Waals surface area contributed by atoms with Crippen molar-refractivity contribution in [3.63, 3.8) is 0 Å². The molecule has 0 heterocycles. The minimum absolute atomic E-state index is 0.0168. The van der Waals surface area contributed by atoms with Gasteiger partial charge in [-0.1, -0.05) is 49.0 Å². The van der Waals surface area contributed by atoms with Gasteiger partial charge in [0.25, 0.3) is 10.0 Å². The normalized spacial score (nSPS) is 13.9. The van der Waals surface area contributed by atoms with E-state index in [1.807, 2.05) is 6.92 Å². The highest BCUT2D eigenvalue weighted by molar-refractivity contribution is 7.92. The molecule has 0 aliphatic heterocycles. The number of ether oxygens (including phenoxy) is 3. The highest BCUT2D eigenvalue weighted by atomic mass is 35.5. The van der Waals surface area contributed by atoms with Crippen LogP contribution in [0.15, 0.2) is 65.6 Å². The van der Waals surface area contributed by atoms with Gasteiger partial charge in [-0.25, -0.2) is 8.42 Å². The van der Waals surface area contributed by atoms with Crippen LogP contribution >= 0.6 is 23.2 Å². The molecular weight excluding hydrogens is 665 g/mol. The van der Waals surface area contributed by atoms with Crippen LogP contribution in [0.4, 0.5) is 5.69 Å². The predicted octanol–water partition coefficient (Wildman–Crippen LogP) is 6.47. The summed E-state index contributed by atoms with van der Waals surface area (Å²) in [4.78, 5) is 29.4. The number of rotatable bonds is 15. The summed E-state index contributed by atoms with van der Waals surface area (Å²) in [7, 11) is -1.52. The summed E-state index contributed by atoms with van der Waals surface area (Å²) in [5, 5.41) is 3.74. The molecule has 13 heteroatoms. The van der Waals surface area contributed by atoms with E-state index in [1.165, 1.54) is 37.3 Å². The Hall–Kier alpha value is -3.67. The molecular formula is C34H41Cl2N3O7S. The molecule has 2 amide bonds. The molecule has 0 spiro atoms. The van der Waals surface area contributed by atoms with Gasteiger partial charge in [0.1, 0.15) is 18.3 Å². The van der Waals surface area contributed by atoms with E-state index in [0.717, 1.165) is 30.0 Å². The number of nitrogens with one attached hydrogen (secondary N) is 1. The fourth-order valence-electron chi connectivity index (χ4n) is 5.65. The maximum atomic E-state index is 14.5. The number of hydrogen-bond acceptors (Lipinski definition) is 7. The molecule has 1 N–H and O–H groups in total. The van der Waals surface area contributed by atoms with Crippen molar-refractivity contribution >= 4 is 50.7 Å². The van der Waals surface area contributed by atoms with Crippen molar-refractivity contribution in [3.05, 3.63) is 76.3 Å². The molecule has 0 bridgehead atoms. The summed E-state index contributed by atoms with van der Waals surface area (Å²) < 4.78 is 45.9. The summed E-state index contributed by atoms with van der Waals surface area (Å²) >= 11 is 13.1. The van der Waals surface area contributed by atoms with Gasteiger partial charge in [0, 0.05) is 34.3 Å². The highest BCUT2D eigenvalue weighted by Crippen LogP contribution is 2.33. The average molecular weight is 707 g/mol. The van der Waals surface area contributed by atoms with E-state index in [4.69, 9.17) is 37.4 Å². The van der Waals surface area contributed by atoms with E-state index in [2.05, 4.69) is 5.32 Å². The lowest BCUT2D eigenvalue weighted by atomic mass is 10.1. The van der Waals surface area contributed by atoms with E-state index in [9.17, 15) is 18.0 Å². The molecule has 3 aromatic carbocycles. The number of anilines is 1. The Balaban J connectivity index is 1.78. The summed E-state index contributed by atoms with van der Waals surface area (Å²) in [5.74, 6) is 0.155. The van der Waals surface area contributed by atoms with Gasteiger partial charge in [0.2, 0.25) is 11.8 Å². The molecule has 1 aliphatic rings. The smallest absolute Gasteiger partial charge is 0.264 e. The molecule has 1 aliphatic carbocycles. The molecule has 0 aromatic heterocycles. The van der Waals surface area contributed by atoms with Crippen LogP contribution in [-0.2, 0) is 26.2 Å². The SMILES string of the molecule is CCOc1ccc(N(CC(=O)N(Cc2c(Cl)cccc2Cl)[C@@H](CC)C(=O)NC2CCCC2)S(=O)(=O)c2ccc(OC)c(OC)c2)cc1. The molecule has 47 heavy (non-hydrogen) atoms. The second kappa shape index (κ2) is 16.4. The van der Waals surface area contributed by atoms with Crippen molar-refractivity contribution < 1.29 is 32.2 Å². The maximum Gasteiger partial charge on any atom is 0.264 e. The summed E-state index contributed by atoms with van der Waals surface area (Å²) in [6.07, 6.45) is 4.04. The third kappa shape index (κ3) is 8.63. The zero-order valence-electron chi connectivity index (χ0n) is 27.0. The summed E-state index contributed by atoms with van der Waals surface area (Å²) in [6, 6.07) is 14.7. The lowest BCUT2D eigenvalue weighted by Gasteiger charge is -2.34. The lowest BCUT2D eigenvalue weighted by molar-refractivity contribution is -0.140. The maximum absolute atomic E-state index is 14.5. The van der Waals surface area contributed by atoms with Gasteiger partial charge >= 0.3 is 0 Å². The number of carbonyl (C=O) groups is 2. The van der Waals surface area contributed by atoms with Crippen LogP contribution in [0.25, 0.3) is 0 Å². The number of hydrogen-bond donors (Lipinski definition) is 1. The van der Waals surface area contributed by atoms with E-state index >= 15 is 0 Å². The Morgan fingerprint density at radius 1 is 0.936 bits per heavy atom. The Morgan fingerprint density at radius 3 is 2.15 bits per heavy atom. The van der Waals surface area contributed by atoms with Gasteiger partial charge < -0.3 is 24.4 Å². The van der Waals surface area contributed by atoms with Gasteiger partial charge in [-0.15, -0.1) is 0 Å². The number of amides is 2. The van der Waals surface area contributed by atoms with Crippen LogP contribution < -0.4 is 23.8 Å². The van der Waals surface area contributed by atoms with E-state index < -0.39 is 28.5 Å². The molecule has 0 unspecified atom stereocenters. The number of methoxy groups -OCH3 is 2. The minimum Gasteiger partial charge on any atom is -0.494 e. The number of sulfonamides is 1. The van der Waals surface area contributed by atoms with Crippen molar-refractivity contribution in [2.24, 2.45) is 0 Å². The Bertz CT molecular complexity index is 1630. The average Bonchev–Trinajstić information content (AvgIpc) is 3.58. The first-order valence-electron chi connectivity index (χ1n) is 15.5. The second-order valence-corrected chi connectivity index (χ2v) is 13.8. The van der Waals surface area contributed by atoms with Crippen molar-refractivity contribution in [1.29, 1.82) is 0 Å². The van der Waals surface area contributed by atoms with E-state index in [-0.39, 0.29) is 41.2 Å². The zero-order chi connectivity index (χ0) is 34.1.